The molecule has 110 valence electrons. The highest BCUT2D eigenvalue weighted by Crippen LogP contribution is 2.36. The van der Waals surface area contributed by atoms with Gasteiger partial charge in [-0.15, -0.1) is 0 Å². The summed E-state index contributed by atoms with van der Waals surface area (Å²) in [7, 11) is 0. The highest BCUT2D eigenvalue weighted by Gasteiger charge is 2.21. The van der Waals surface area contributed by atoms with E-state index in [-0.39, 0.29) is 11.3 Å². The Balaban J connectivity index is 2.53. The summed E-state index contributed by atoms with van der Waals surface area (Å²) in [5.41, 5.74) is -0.398. The Bertz CT molecular complexity index is 689. The highest BCUT2D eigenvalue weighted by atomic mass is 19.1. The average molecular weight is 295 g/mol. The van der Waals surface area contributed by atoms with Crippen molar-refractivity contribution in [3.8, 4) is 11.5 Å². The largest absolute Gasteiger partial charge is 0.447 e. The van der Waals surface area contributed by atoms with Crippen LogP contribution in [-0.4, -0.2) is 10.0 Å². The summed E-state index contributed by atoms with van der Waals surface area (Å²) in [5.74, 6) is -2.38. The fraction of sp³-hybridized carbons (Fsp3) is 0.143. The normalized spacial score (nSPS) is 12.0. The molecule has 0 fully saturated rings. The smallest absolute Gasteiger partial charge is 0.311 e. The number of ether oxygens (including phenoxy) is 1. The fourth-order valence-corrected chi connectivity index (χ4v) is 1.79. The van der Waals surface area contributed by atoms with Crippen molar-refractivity contribution in [3.63, 3.8) is 0 Å². The van der Waals surface area contributed by atoms with Crippen molar-refractivity contribution in [2.24, 2.45) is 0 Å². The molecule has 1 N–H and O–H groups in total. The monoisotopic (exact) mass is 295 g/mol. The van der Waals surface area contributed by atoms with Gasteiger partial charge >= 0.3 is 5.69 Å². The molecule has 5 nitrogen and oxygen atoms in total. The third-order valence-corrected chi connectivity index (χ3v) is 2.78. The van der Waals surface area contributed by atoms with Gasteiger partial charge in [-0.2, -0.15) is 0 Å². The molecule has 21 heavy (non-hydrogen) atoms. The van der Waals surface area contributed by atoms with Crippen LogP contribution in [0, 0.1) is 21.7 Å². The van der Waals surface area contributed by atoms with Crippen LogP contribution >= 0.6 is 0 Å². The van der Waals surface area contributed by atoms with Crippen molar-refractivity contribution in [3.05, 3.63) is 63.7 Å². The molecular formula is C14H11F2NO4. The number of rotatable bonds is 4. The van der Waals surface area contributed by atoms with Crippen LogP contribution < -0.4 is 4.74 Å². The Morgan fingerprint density at radius 3 is 2.62 bits per heavy atom. The first-order valence-corrected chi connectivity index (χ1v) is 5.98. The van der Waals surface area contributed by atoms with Gasteiger partial charge in [0.05, 0.1) is 11.0 Å². The number of nitro benzene ring substituents is 1. The van der Waals surface area contributed by atoms with E-state index >= 15 is 0 Å². The SMILES string of the molecule is C[C@H](O)c1cccc(F)c1Oc1cc(F)ccc1[N+](=O)[O-]. The minimum atomic E-state index is -1.05. The van der Waals surface area contributed by atoms with E-state index in [9.17, 15) is 24.0 Å². The topological polar surface area (TPSA) is 72.6 Å². The summed E-state index contributed by atoms with van der Waals surface area (Å²) in [6.07, 6.45) is -1.05. The zero-order valence-electron chi connectivity index (χ0n) is 10.9. The Morgan fingerprint density at radius 1 is 1.29 bits per heavy atom. The second-order valence-electron chi connectivity index (χ2n) is 4.31. The molecule has 0 aliphatic heterocycles. The van der Waals surface area contributed by atoms with Crippen LogP contribution in [0.25, 0.3) is 0 Å². The van der Waals surface area contributed by atoms with Gasteiger partial charge in [-0.05, 0) is 19.1 Å². The number of benzene rings is 2. The number of nitro groups is 1. The molecule has 2 rings (SSSR count). The molecule has 0 amide bonds. The first-order valence-electron chi connectivity index (χ1n) is 5.98. The van der Waals surface area contributed by atoms with Crippen molar-refractivity contribution < 1.29 is 23.5 Å². The molecular weight excluding hydrogens is 284 g/mol. The van der Waals surface area contributed by atoms with E-state index < -0.39 is 34.1 Å². The van der Waals surface area contributed by atoms with E-state index in [2.05, 4.69) is 0 Å². The molecule has 0 aliphatic carbocycles. The van der Waals surface area contributed by atoms with Crippen molar-refractivity contribution >= 4 is 5.69 Å². The van der Waals surface area contributed by atoms with Gasteiger partial charge in [0.1, 0.15) is 5.82 Å². The van der Waals surface area contributed by atoms with Gasteiger partial charge in [0.2, 0.25) is 5.75 Å². The lowest BCUT2D eigenvalue weighted by atomic mass is 10.1. The summed E-state index contributed by atoms with van der Waals surface area (Å²) >= 11 is 0. The standard InChI is InChI=1S/C14H11F2NO4/c1-8(18)10-3-2-4-11(16)14(10)21-13-7-9(15)5-6-12(13)17(19)20/h2-8,18H,1H3/t8-/m0/s1. The maximum atomic E-state index is 13.8. The van der Waals surface area contributed by atoms with E-state index in [0.29, 0.717) is 0 Å². The second-order valence-corrected chi connectivity index (χ2v) is 4.31. The van der Waals surface area contributed by atoms with Crippen molar-refractivity contribution in [1.82, 2.24) is 0 Å². The highest BCUT2D eigenvalue weighted by molar-refractivity contribution is 5.50. The molecule has 0 saturated carbocycles. The summed E-state index contributed by atoms with van der Waals surface area (Å²) in [6, 6.07) is 6.47. The number of aliphatic hydroxyl groups is 1. The van der Waals surface area contributed by atoms with E-state index in [0.717, 1.165) is 24.3 Å². The van der Waals surface area contributed by atoms with Crippen LogP contribution in [0.1, 0.15) is 18.6 Å². The quantitative estimate of drug-likeness (QED) is 0.689. The van der Waals surface area contributed by atoms with Gasteiger partial charge in [0.15, 0.2) is 11.6 Å². The Morgan fingerprint density at radius 2 is 2.00 bits per heavy atom. The van der Waals surface area contributed by atoms with Crippen LogP contribution in [0.15, 0.2) is 36.4 Å². The predicted octanol–water partition coefficient (Wildman–Crippen LogP) is 3.72. The first kappa shape index (κ1) is 14.9. The van der Waals surface area contributed by atoms with Crippen LogP contribution in [0.5, 0.6) is 11.5 Å². The summed E-state index contributed by atoms with van der Waals surface area (Å²) in [6.45, 7) is 1.39. The van der Waals surface area contributed by atoms with Crippen LogP contribution in [0.3, 0.4) is 0 Å². The van der Waals surface area contributed by atoms with E-state index in [1.54, 1.807) is 0 Å². The molecule has 2 aromatic rings. The molecule has 1 atom stereocenters. The van der Waals surface area contributed by atoms with Crippen molar-refractivity contribution in [1.29, 1.82) is 0 Å². The number of aliphatic hydroxyl groups excluding tert-OH is 1. The lowest BCUT2D eigenvalue weighted by Gasteiger charge is -2.13. The van der Waals surface area contributed by atoms with E-state index in [4.69, 9.17) is 4.74 Å². The van der Waals surface area contributed by atoms with Crippen LogP contribution in [0.2, 0.25) is 0 Å². The van der Waals surface area contributed by atoms with Gasteiger partial charge in [0, 0.05) is 17.7 Å². The molecule has 2 aromatic carbocycles. The van der Waals surface area contributed by atoms with Crippen LogP contribution in [-0.2, 0) is 0 Å². The van der Waals surface area contributed by atoms with Gasteiger partial charge in [-0.3, -0.25) is 10.1 Å². The molecule has 0 heterocycles. The lowest BCUT2D eigenvalue weighted by molar-refractivity contribution is -0.385. The minimum absolute atomic E-state index is 0.105. The van der Waals surface area contributed by atoms with Crippen LogP contribution in [0.4, 0.5) is 14.5 Å². The molecule has 0 unspecified atom stereocenters. The maximum absolute atomic E-state index is 13.8. The van der Waals surface area contributed by atoms with E-state index in [1.165, 1.54) is 19.1 Å². The third kappa shape index (κ3) is 3.14. The summed E-state index contributed by atoms with van der Waals surface area (Å²) < 4.78 is 32.2. The molecule has 0 saturated heterocycles. The van der Waals surface area contributed by atoms with E-state index in [1.807, 2.05) is 0 Å². The minimum Gasteiger partial charge on any atom is -0.447 e. The van der Waals surface area contributed by atoms with Crippen molar-refractivity contribution in [2.75, 3.05) is 0 Å². The lowest BCUT2D eigenvalue weighted by Crippen LogP contribution is -2.01. The molecule has 0 bridgehead atoms. The Labute approximate surface area is 118 Å². The zero-order chi connectivity index (χ0) is 15.6. The number of nitrogens with zero attached hydrogens (tertiary/aromatic N) is 1. The Kier molecular flexibility index (Phi) is 4.13. The number of halogens is 2. The molecule has 0 aromatic heterocycles. The number of hydrogen-bond donors (Lipinski definition) is 1. The van der Waals surface area contributed by atoms with Gasteiger partial charge < -0.3 is 9.84 Å². The average Bonchev–Trinajstić information content (AvgIpc) is 2.40. The molecule has 0 radical (unpaired) electrons. The molecule has 7 heteroatoms. The second kappa shape index (κ2) is 5.84. The maximum Gasteiger partial charge on any atom is 0.311 e. The van der Waals surface area contributed by atoms with Gasteiger partial charge in [0.25, 0.3) is 0 Å². The van der Waals surface area contributed by atoms with Crippen molar-refractivity contribution in [2.45, 2.75) is 13.0 Å². The Hall–Kier alpha value is -2.54. The zero-order valence-corrected chi connectivity index (χ0v) is 10.9. The summed E-state index contributed by atoms with van der Waals surface area (Å²) in [5, 5.41) is 20.5. The first-order chi connectivity index (χ1) is 9.90. The van der Waals surface area contributed by atoms with Gasteiger partial charge in [-0.1, -0.05) is 12.1 Å². The predicted molar refractivity (Wildman–Crippen MR) is 70.2 cm³/mol. The summed E-state index contributed by atoms with van der Waals surface area (Å²) in [4.78, 5) is 10.1. The number of para-hydroxylation sites is 1. The fourth-order valence-electron chi connectivity index (χ4n) is 1.79. The number of hydrogen-bond acceptors (Lipinski definition) is 4. The molecule has 0 aliphatic rings. The van der Waals surface area contributed by atoms with Gasteiger partial charge in [-0.25, -0.2) is 8.78 Å². The molecule has 0 spiro atoms. The third-order valence-electron chi connectivity index (χ3n) is 2.78.